The van der Waals surface area contributed by atoms with E-state index in [1.165, 1.54) is 5.56 Å². The highest BCUT2D eigenvalue weighted by molar-refractivity contribution is 6.04. The van der Waals surface area contributed by atoms with Crippen LogP contribution >= 0.6 is 0 Å². The van der Waals surface area contributed by atoms with Crippen molar-refractivity contribution in [1.82, 2.24) is 9.78 Å². The molecule has 4 heteroatoms. The molecule has 0 saturated heterocycles. The van der Waals surface area contributed by atoms with Crippen LogP contribution in [0.5, 0.6) is 0 Å². The van der Waals surface area contributed by atoms with Crippen molar-refractivity contribution in [3.05, 3.63) is 83.6 Å². The number of allylic oxidation sites excluding steroid dienone is 2. The van der Waals surface area contributed by atoms with Crippen LogP contribution in [0.15, 0.2) is 72.3 Å². The summed E-state index contributed by atoms with van der Waals surface area (Å²) in [5, 5.41) is 14.9. The number of nitriles is 1. The van der Waals surface area contributed by atoms with Gasteiger partial charge in [-0.3, -0.25) is 4.79 Å². The van der Waals surface area contributed by atoms with Gasteiger partial charge in [-0.15, -0.1) is 0 Å². The molecule has 0 aliphatic heterocycles. The fourth-order valence-corrected chi connectivity index (χ4v) is 5.81. The zero-order valence-electron chi connectivity index (χ0n) is 18.1. The molecule has 2 aromatic carbocycles. The molecular weight excluding hydrogens is 382 g/mol. The molecule has 3 aromatic rings. The third-order valence-electron chi connectivity index (χ3n) is 7.21. The molecule has 0 bridgehead atoms. The number of ketones is 1. The van der Waals surface area contributed by atoms with E-state index in [2.05, 4.69) is 37.3 Å². The van der Waals surface area contributed by atoms with Gasteiger partial charge in [-0.1, -0.05) is 75.4 Å². The van der Waals surface area contributed by atoms with E-state index in [1.54, 1.807) is 0 Å². The second kappa shape index (κ2) is 6.78. The first-order chi connectivity index (χ1) is 14.9. The van der Waals surface area contributed by atoms with Crippen molar-refractivity contribution in [3.63, 3.8) is 0 Å². The Labute approximate surface area is 182 Å². The number of fused-ring (bicyclic) bond motifs is 3. The number of para-hydroxylation sites is 1. The number of rotatable bonds is 2. The summed E-state index contributed by atoms with van der Waals surface area (Å²) in [5.41, 5.74) is 4.57. The lowest BCUT2D eigenvalue weighted by Gasteiger charge is -2.50. The molecule has 1 heterocycles. The fourth-order valence-electron chi connectivity index (χ4n) is 5.81. The highest BCUT2D eigenvalue weighted by Crippen LogP contribution is 2.56. The lowest BCUT2D eigenvalue weighted by Crippen LogP contribution is -2.51. The summed E-state index contributed by atoms with van der Waals surface area (Å²) >= 11 is 0. The highest BCUT2D eigenvalue weighted by Gasteiger charge is 2.55. The minimum Gasteiger partial charge on any atom is -0.293 e. The van der Waals surface area contributed by atoms with E-state index in [-0.39, 0.29) is 17.3 Å². The van der Waals surface area contributed by atoms with Crippen molar-refractivity contribution < 1.29 is 4.79 Å². The Morgan fingerprint density at radius 3 is 2.32 bits per heavy atom. The Bertz CT molecular complexity index is 1240. The fraction of sp³-hybridized carbons (Fsp3) is 0.296. The molecule has 4 nitrogen and oxygen atoms in total. The van der Waals surface area contributed by atoms with Crippen LogP contribution in [0.25, 0.3) is 16.9 Å². The van der Waals surface area contributed by atoms with E-state index in [0.29, 0.717) is 0 Å². The molecular formula is C27H25N3O. The van der Waals surface area contributed by atoms with Crippen molar-refractivity contribution in [2.75, 3.05) is 0 Å². The first-order valence-corrected chi connectivity index (χ1v) is 10.8. The summed E-state index contributed by atoms with van der Waals surface area (Å²) in [5.74, 6) is 0.0508. The van der Waals surface area contributed by atoms with Crippen LogP contribution in [-0.4, -0.2) is 15.6 Å². The first kappa shape index (κ1) is 19.5. The molecule has 0 fully saturated rings. The minimum atomic E-state index is -0.606. The van der Waals surface area contributed by atoms with Gasteiger partial charge in [0.25, 0.3) is 0 Å². The van der Waals surface area contributed by atoms with Crippen LogP contribution < -0.4 is 0 Å². The van der Waals surface area contributed by atoms with Crippen molar-refractivity contribution in [2.24, 2.45) is 11.3 Å². The van der Waals surface area contributed by atoms with Gasteiger partial charge in [0.1, 0.15) is 6.07 Å². The summed E-state index contributed by atoms with van der Waals surface area (Å²) < 4.78 is 2.04. The molecule has 0 radical (unpaired) electrons. The Balaban J connectivity index is 1.84. The van der Waals surface area contributed by atoms with E-state index in [0.717, 1.165) is 35.5 Å². The molecule has 154 valence electrons. The second-order valence-electron chi connectivity index (χ2n) is 9.38. The first-order valence-electron chi connectivity index (χ1n) is 10.8. The molecule has 2 atom stereocenters. The number of nitrogens with zero attached hydrogens (tertiary/aromatic N) is 3. The average molecular weight is 408 g/mol. The lowest BCUT2D eigenvalue weighted by molar-refractivity contribution is -0.128. The van der Waals surface area contributed by atoms with E-state index in [9.17, 15) is 10.1 Å². The summed E-state index contributed by atoms with van der Waals surface area (Å²) in [6.45, 7) is 6.17. The van der Waals surface area contributed by atoms with Crippen LogP contribution in [-0.2, 0) is 16.6 Å². The maximum absolute atomic E-state index is 13.1. The SMILES string of the molecule is CC1(C)C(=O)C(C#N)=C[C@]2(C)c3c(c(-c4ccccc4)nn3-c3ccccc3)CC[C@@H]12. The third-order valence-corrected chi connectivity index (χ3v) is 7.21. The molecule has 0 saturated carbocycles. The van der Waals surface area contributed by atoms with Gasteiger partial charge in [0.2, 0.25) is 0 Å². The van der Waals surface area contributed by atoms with Gasteiger partial charge in [-0.05, 0) is 30.9 Å². The Hall–Kier alpha value is -3.45. The predicted molar refractivity (Wildman–Crippen MR) is 121 cm³/mol. The molecule has 5 rings (SSSR count). The summed E-state index contributed by atoms with van der Waals surface area (Å²) in [6.07, 6.45) is 3.66. The average Bonchev–Trinajstić information content (AvgIpc) is 3.19. The Morgan fingerprint density at radius 2 is 1.68 bits per heavy atom. The van der Waals surface area contributed by atoms with Crippen LogP contribution in [0.4, 0.5) is 0 Å². The summed E-state index contributed by atoms with van der Waals surface area (Å²) in [7, 11) is 0. The van der Waals surface area contributed by atoms with Gasteiger partial charge in [0, 0.05) is 22.0 Å². The molecule has 1 aromatic heterocycles. The molecule has 0 N–H and O–H groups in total. The largest absolute Gasteiger partial charge is 0.293 e. The molecule has 31 heavy (non-hydrogen) atoms. The smallest absolute Gasteiger partial charge is 0.178 e. The van der Waals surface area contributed by atoms with Gasteiger partial charge >= 0.3 is 0 Å². The third kappa shape index (κ3) is 2.73. The van der Waals surface area contributed by atoms with Crippen LogP contribution in [0, 0.1) is 22.7 Å². The number of carbonyl (C=O) groups is 1. The number of Topliss-reactive ketones (excluding diaryl/α,β-unsaturated/α-hetero) is 1. The van der Waals surface area contributed by atoms with Crippen molar-refractivity contribution >= 4 is 5.78 Å². The molecule has 2 aliphatic carbocycles. The van der Waals surface area contributed by atoms with Gasteiger partial charge in [-0.2, -0.15) is 10.4 Å². The molecule has 0 spiro atoms. The van der Waals surface area contributed by atoms with Crippen LogP contribution in [0.3, 0.4) is 0 Å². The topological polar surface area (TPSA) is 58.7 Å². The molecule has 0 amide bonds. The van der Waals surface area contributed by atoms with Gasteiger partial charge in [-0.25, -0.2) is 4.68 Å². The Kier molecular flexibility index (Phi) is 4.27. The van der Waals surface area contributed by atoms with E-state index in [4.69, 9.17) is 5.10 Å². The second-order valence-corrected chi connectivity index (χ2v) is 9.38. The molecule has 0 unspecified atom stereocenters. The van der Waals surface area contributed by atoms with Crippen LogP contribution in [0.2, 0.25) is 0 Å². The number of hydrogen-bond acceptors (Lipinski definition) is 3. The van der Waals surface area contributed by atoms with Gasteiger partial charge < -0.3 is 0 Å². The quantitative estimate of drug-likeness (QED) is 0.570. The zero-order valence-corrected chi connectivity index (χ0v) is 18.1. The lowest BCUT2D eigenvalue weighted by atomic mass is 9.52. The van der Waals surface area contributed by atoms with Crippen molar-refractivity contribution in [1.29, 1.82) is 5.26 Å². The zero-order chi connectivity index (χ0) is 21.8. The van der Waals surface area contributed by atoms with Gasteiger partial charge in [0.05, 0.1) is 22.6 Å². The number of hydrogen-bond donors (Lipinski definition) is 0. The van der Waals surface area contributed by atoms with E-state index >= 15 is 0 Å². The maximum atomic E-state index is 13.1. The van der Waals surface area contributed by atoms with Crippen LogP contribution in [0.1, 0.15) is 38.4 Å². The standard InChI is InChI=1S/C27H25N3O/c1-26(2)22-15-14-21-23(18-10-6-4-7-11-18)29-30(20-12-8-5-9-13-20)24(21)27(22,3)16-19(17-28)25(26)31/h4-13,16,22H,14-15H2,1-3H3/t22-,27-/m0/s1. The minimum absolute atomic E-state index is 0.0463. The Morgan fingerprint density at radius 1 is 1.03 bits per heavy atom. The highest BCUT2D eigenvalue weighted by atomic mass is 16.1. The summed E-state index contributed by atoms with van der Waals surface area (Å²) in [6, 6.07) is 22.6. The van der Waals surface area contributed by atoms with Crippen molar-refractivity contribution in [2.45, 2.75) is 39.0 Å². The number of benzene rings is 2. The molecule has 2 aliphatic rings. The normalized spacial score (nSPS) is 24.0. The number of aromatic nitrogens is 2. The summed E-state index contributed by atoms with van der Waals surface area (Å²) in [4.78, 5) is 13.1. The maximum Gasteiger partial charge on any atom is 0.178 e. The van der Waals surface area contributed by atoms with E-state index < -0.39 is 10.8 Å². The number of carbonyl (C=O) groups excluding carboxylic acids is 1. The van der Waals surface area contributed by atoms with Gasteiger partial charge in [0.15, 0.2) is 5.78 Å². The van der Waals surface area contributed by atoms with E-state index in [1.807, 2.05) is 61.0 Å². The van der Waals surface area contributed by atoms with Crippen molar-refractivity contribution in [3.8, 4) is 23.0 Å². The monoisotopic (exact) mass is 407 g/mol. The predicted octanol–water partition coefficient (Wildman–Crippen LogP) is 5.42.